The lowest BCUT2D eigenvalue weighted by Crippen LogP contribution is -2.03. The Morgan fingerprint density at radius 1 is 0.950 bits per heavy atom. The molecule has 2 aromatic rings. The lowest BCUT2D eigenvalue weighted by atomic mass is 9.90. The number of benzene rings is 1. The number of hydrogen-bond acceptors (Lipinski definition) is 4. The molecule has 106 valence electrons. The quantitative estimate of drug-likeness (QED) is 0.669. The number of nitrogens with zero attached hydrogens (tertiary/aromatic N) is 2. The molecule has 2 rings (SSSR count). The maximum Gasteiger partial charge on any atom is 0.203 e. The number of aryl methyl sites for hydroxylation is 1. The van der Waals surface area contributed by atoms with Crippen molar-refractivity contribution in [3.8, 4) is 0 Å². The molecule has 0 aliphatic carbocycles. The number of hydrogen-bond donors (Lipinski definition) is 1. The van der Waals surface area contributed by atoms with Crippen molar-refractivity contribution in [2.45, 2.75) is 41.5 Å². The topological polar surface area (TPSA) is 37.3 Å². The zero-order chi connectivity index (χ0) is 14.9. The molecule has 3 nitrogen and oxygen atoms in total. The minimum absolute atomic E-state index is 0.828. The van der Waals surface area contributed by atoms with Gasteiger partial charge in [0.05, 0.1) is 11.9 Å². The molecule has 0 amide bonds. The van der Waals surface area contributed by atoms with Gasteiger partial charge in [0.15, 0.2) is 0 Å². The van der Waals surface area contributed by atoms with E-state index >= 15 is 0 Å². The van der Waals surface area contributed by atoms with E-state index in [0.717, 1.165) is 10.8 Å². The molecule has 0 fully saturated rings. The summed E-state index contributed by atoms with van der Waals surface area (Å²) in [5, 5.41) is 7.17. The Balaban J connectivity index is 2.29. The van der Waals surface area contributed by atoms with E-state index in [2.05, 4.69) is 50.1 Å². The largest absolute Gasteiger partial charge is 0.253 e. The van der Waals surface area contributed by atoms with Gasteiger partial charge in [-0.2, -0.15) is 5.10 Å². The van der Waals surface area contributed by atoms with E-state index in [1.165, 1.54) is 33.4 Å². The zero-order valence-corrected chi connectivity index (χ0v) is 13.8. The van der Waals surface area contributed by atoms with E-state index in [4.69, 9.17) is 0 Å². The smallest absolute Gasteiger partial charge is 0.203 e. The maximum absolute atomic E-state index is 4.33. The third-order valence-corrected chi connectivity index (χ3v) is 4.90. The highest BCUT2D eigenvalue weighted by molar-refractivity contribution is 7.13. The van der Waals surface area contributed by atoms with Crippen LogP contribution in [0.2, 0.25) is 0 Å². The van der Waals surface area contributed by atoms with Gasteiger partial charge in [0.2, 0.25) is 5.13 Å². The van der Waals surface area contributed by atoms with Crippen molar-refractivity contribution in [2.24, 2.45) is 5.10 Å². The SMILES string of the molecule is Cc1csc(NN=Cc2c(C)c(C)c(C)c(C)c2C)n1. The van der Waals surface area contributed by atoms with Crippen LogP contribution in [0.5, 0.6) is 0 Å². The van der Waals surface area contributed by atoms with E-state index < -0.39 is 0 Å². The molecule has 20 heavy (non-hydrogen) atoms. The average molecular weight is 287 g/mol. The molecule has 0 spiro atoms. The molecule has 0 radical (unpaired) electrons. The molecule has 4 heteroatoms. The molecular formula is C16H21N3S. The van der Waals surface area contributed by atoms with Gasteiger partial charge in [-0.05, 0) is 69.4 Å². The Kier molecular flexibility index (Phi) is 4.23. The molecule has 0 aliphatic heterocycles. The zero-order valence-electron chi connectivity index (χ0n) is 13.0. The fourth-order valence-electron chi connectivity index (χ4n) is 2.28. The van der Waals surface area contributed by atoms with Crippen LogP contribution in [0.3, 0.4) is 0 Å². The van der Waals surface area contributed by atoms with Crippen LogP contribution < -0.4 is 5.43 Å². The lowest BCUT2D eigenvalue weighted by Gasteiger charge is -2.15. The van der Waals surface area contributed by atoms with Crippen molar-refractivity contribution >= 4 is 22.7 Å². The molecular weight excluding hydrogens is 266 g/mol. The molecule has 1 aromatic carbocycles. The van der Waals surface area contributed by atoms with Crippen LogP contribution in [0.1, 0.15) is 39.1 Å². The van der Waals surface area contributed by atoms with Gasteiger partial charge in [-0.15, -0.1) is 11.3 Å². The summed E-state index contributed by atoms with van der Waals surface area (Å²) in [5.41, 5.74) is 11.9. The number of anilines is 1. The van der Waals surface area contributed by atoms with Gasteiger partial charge in [0.1, 0.15) is 0 Å². The average Bonchev–Trinajstić information content (AvgIpc) is 2.84. The second-order valence-corrected chi connectivity index (χ2v) is 6.06. The number of thiazole rings is 1. The monoisotopic (exact) mass is 287 g/mol. The molecule has 0 saturated carbocycles. The highest BCUT2D eigenvalue weighted by Gasteiger charge is 2.10. The summed E-state index contributed by atoms with van der Waals surface area (Å²) < 4.78 is 0. The van der Waals surface area contributed by atoms with Gasteiger partial charge < -0.3 is 0 Å². The standard InChI is InChI=1S/C16H21N3S/c1-9-8-20-16(18-9)19-17-7-15-13(5)11(3)10(2)12(4)14(15)6/h7-8H,1-6H3,(H,18,19). The third kappa shape index (κ3) is 2.75. The Morgan fingerprint density at radius 3 is 2.00 bits per heavy atom. The summed E-state index contributed by atoms with van der Waals surface area (Å²) in [6, 6.07) is 0. The van der Waals surface area contributed by atoms with Crippen LogP contribution in [0.15, 0.2) is 10.5 Å². The van der Waals surface area contributed by atoms with Crippen LogP contribution in [0.4, 0.5) is 5.13 Å². The summed E-state index contributed by atoms with van der Waals surface area (Å²) >= 11 is 1.57. The van der Waals surface area contributed by atoms with Crippen molar-refractivity contribution in [3.63, 3.8) is 0 Å². The van der Waals surface area contributed by atoms with E-state index in [1.807, 2.05) is 18.5 Å². The van der Waals surface area contributed by atoms with E-state index in [-0.39, 0.29) is 0 Å². The highest BCUT2D eigenvalue weighted by atomic mass is 32.1. The fourth-order valence-corrected chi connectivity index (χ4v) is 2.92. The second-order valence-electron chi connectivity index (χ2n) is 5.20. The molecule has 0 saturated heterocycles. The van der Waals surface area contributed by atoms with Gasteiger partial charge in [-0.3, -0.25) is 5.43 Å². The highest BCUT2D eigenvalue weighted by Crippen LogP contribution is 2.24. The fraction of sp³-hybridized carbons (Fsp3) is 0.375. The predicted octanol–water partition coefficient (Wildman–Crippen LogP) is 4.44. The van der Waals surface area contributed by atoms with Crippen molar-refractivity contribution in [2.75, 3.05) is 5.43 Å². The Morgan fingerprint density at radius 2 is 1.50 bits per heavy atom. The van der Waals surface area contributed by atoms with Gasteiger partial charge in [0.25, 0.3) is 0 Å². The van der Waals surface area contributed by atoms with E-state index in [9.17, 15) is 0 Å². The molecule has 0 unspecified atom stereocenters. The minimum atomic E-state index is 0.828. The third-order valence-electron chi connectivity index (χ3n) is 4.03. The van der Waals surface area contributed by atoms with Crippen LogP contribution in [0, 0.1) is 41.5 Å². The van der Waals surface area contributed by atoms with Crippen LogP contribution in [0.25, 0.3) is 0 Å². The van der Waals surface area contributed by atoms with Crippen LogP contribution in [-0.2, 0) is 0 Å². The first-order chi connectivity index (χ1) is 9.41. The number of rotatable bonds is 3. The van der Waals surface area contributed by atoms with Crippen LogP contribution in [-0.4, -0.2) is 11.2 Å². The van der Waals surface area contributed by atoms with Crippen molar-refractivity contribution < 1.29 is 0 Å². The second kappa shape index (κ2) is 5.75. The first-order valence-corrected chi connectivity index (χ1v) is 7.58. The Hall–Kier alpha value is -1.68. The molecule has 0 aliphatic rings. The van der Waals surface area contributed by atoms with Crippen molar-refractivity contribution in [1.29, 1.82) is 0 Å². The van der Waals surface area contributed by atoms with Crippen LogP contribution >= 0.6 is 11.3 Å². The van der Waals surface area contributed by atoms with Gasteiger partial charge in [-0.25, -0.2) is 4.98 Å². The minimum Gasteiger partial charge on any atom is -0.253 e. The summed E-state index contributed by atoms with van der Waals surface area (Å²) in [6.45, 7) is 12.8. The Labute approximate surface area is 124 Å². The Bertz CT molecular complexity index is 640. The van der Waals surface area contributed by atoms with Gasteiger partial charge >= 0.3 is 0 Å². The number of aromatic nitrogens is 1. The molecule has 1 N–H and O–H groups in total. The molecule has 1 heterocycles. The molecule has 0 bridgehead atoms. The number of hydrazone groups is 1. The first-order valence-electron chi connectivity index (χ1n) is 6.70. The summed E-state index contributed by atoms with van der Waals surface area (Å²) in [4.78, 5) is 4.33. The summed E-state index contributed by atoms with van der Waals surface area (Å²) in [5.74, 6) is 0. The summed E-state index contributed by atoms with van der Waals surface area (Å²) in [6.07, 6.45) is 1.90. The van der Waals surface area contributed by atoms with Gasteiger partial charge in [-0.1, -0.05) is 0 Å². The van der Waals surface area contributed by atoms with Gasteiger partial charge in [0, 0.05) is 10.9 Å². The first kappa shape index (κ1) is 14.7. The molecule has 0 atom stereocenters. The lowest BCUT2D eigenvalue weighted by molar-refractivity contribution is 1.16. The number of nitrogens with one attached hydrogen (secondary N) is 1. The van der Waals surface area contributed by atoms with Crippen molar-refractivity contribution in [3.05, 3.63) is 44.5 Å². The van der Waals surface area contributed by atoms with Crippen molar-refractivity contribution in [1.82, 2.24) is 4.98 Å². The normalized spacial score (nSPS) is 11.3. The summed E-state index contributed by atoms with van der Waals surface area (Å²) in [7, 11) is 0. The molecule has 1 aromatic heterocycles. The van der Waals surface area contributed by atoms with E-state index in [1.54, 1.807) is 11.3 Å². The van der Waals surface area contributed by atoms with E-state index in [0.29, 0.717) is 0 Å². The maximum atomic E-state index is 4.33. The predicted molar refractivity (Wildman–Crippen MR) is 88.2 cm³/mol.